The van der Waals surface area contributed by atoms with Gasteiger partial charge >= 0.3 is 0 Å². The summed E-state index contributed by atoms with van der Waals surface area (Å²) in [5.74, 6) is 1.85. The maximum absolute atomic E-state index is 5.07. The number of benzene rings is 7. The van der Waals surface area contributed by atoms with Crippen molar-refractivity contribution in [2.45, 2.75) is 0 Å². The average molecular weight is 955 g/mol. The SMILES string of the molecule is Brc1ccc2c(c1)c1cc(Br)ccc1n2-c1ccc(-c2nc(-c3ccccc3)nc(-c3ccc(-n4c5ccc(Br)cc5c5cc(Br)ccc54)cc3)n2)cc1. The van der Waals surface area contributed by atoms with Crippen LogP contribution in [0.25, 0.3) is 89.2 Å². The molecule has 0 aliphatic heterocycles. The van der Waals surface area contributed by atoms with Crippen LogP contribution in [0.2, 0.25) is 0 Å². The van der Waals surface area contributed by atoms with E-state index in [0.29, 0.717) is 17.5 Å². The van der Waals surface area contributed by atoms with E-state index in [1.165, 1.54) is 21.5 Å². The van der Waals surface area contributed by atoms with E-state index < -0.39 is 0 Å². The Morgan fingerprint density at radius 3 is 0.926 bits per heavy atom. The number of halogens is 4. The maximum atomic E-state index is 5.07. The van der Waals surface area contributed by atoms with Gasteiger partial charge in [-0.1, -0.05) is 94.1 Å². The molecule has 3 heterocycles. The number of fused-ring (bicyclic) bond motifs is 6. The monoisotopic (exact) mass is 951 g/mol. The van der Waals surface area contributed by atoms with Gasteiger partial charge in [-0.05, 0) is 121 Å². The summed E-state index contributed by atoms with van der Waals surface area (Å²) < 4.78 is 8.80. The Bertz CT molecular complexity index is 2770. The van der Waals surface area contributed by atoms with Gasteiger partial charge < -0.3 is 9.13 Å². The van der Waals surface area contributed by atoms with Crippen LogP contribution in [0.5, 0.6) is 0 Å². The summed E-state index contributed by atoms with van der Waals surface area (Å²) in [5.41, 5.74) is 9.41. The Morgan fingerprint density at radius 1 is 0.315 bits per heavy atom. The van der Waals surface area contributed by atoms with Crippen molar-refractivity contribution in [2.24, 2.45) is 0 Å². The van der Waals surface area contributed by atoms with E-state index in [-0.39, 0.29) is 0 Å². The lowest BCUT2D eigenvalue weighted by molar-refractivity contribution is 1.07. The molecule has 0 atom stereocenters. The number of rotatable bonds is 5. The van der Waals surface area contributed by atoms with Gasteiger partial charge in [-0.25, -0.2) is 15.0 Å². The molecule has 0 fully saturated rings. The van der Waals surface area contributed by atoms with Gasteiger partial charge in [0.1, 0.15) is 0 Å². The number of aromatic nitrogens is 5. The molecule has 0 saturated carbocycles. The fourth-order valence-corrected chi connectivity index (χ4v) is 8.81. The molecule has 10 rings (SSSR count). The molecular weight excluding hydrogens is 930 g/mol. The van der Waals surface area contributed by atoms with Crippen LogP contribution in [0.3, 0.4) is 0 Å². The van der Waals surface area contributed by atoms with Gasteiger partial charge in [0.15, 0.2) is 17.5 Å². The first-order valence-electron chi connectivity index (χ1n) is 17.2. The van der Waals surface area contributed by atoms with Gasteiger partial charge in [0.2, 0.25) is 0 Å². The molecule has 258 valence electrons. The van der Waals surface area contributed by atoms with Crippen LogP contribution in [0.1, 0.15) is 0 Å². The van der Waals surface area contributed by atoms with Crippen LogP contribution in [0.15, 0.2) is 170 Å². The van der Waals surface area contributed by atoms with Gasteiger partial charge in [0, 0.05) is 67.5 Å². The second-order valence-electron chi connectivity index (χ2n) is 13.1. The molecule has 5 nitrogen and oxygen atoms in total. The molecule has 0 unspecified atom stereocenters. The summed E-state index contributed by atoms with van der Waals surface area (Å²) in [6.45, 7) is 0. The number of hydrogen-bond acceptors (Lipinski definition) is 3. The minimum Gasteiger partial charge on any atom is -0.309 e. The Labute approximate surface area is 343 Å². The Balaban J connectivity index is 1.07. The minimum absolute atomic E-state index is 0.614. The average Bonchev–Trinajstić information content (AvgIpc) is 3.69. The smallest absolute Gasteiger partial charge is 0.164 e. The summed E-state index contributed by atoms with van der Waals surface area (Å²) in [7, 11) is 0. The highest BCUT2D eigenvalue weighted by Gasteiger charge is 2.17. The predicted octanol–water partition coefficient (Wildman–Crippen LogP) is 14.1. The van der Waals surface area contributed by atoms with Crippen LogP contribution >= 0.6 is 63.7 Å². The second-order valence-corrected chi connectivity index (χ2v) is 16.7. The zero-order valence-electron chi connectivity index (χ0n) is 28.2. The van der Waals surface area contributed by atoms with Crippen molar-refractivity contribution in [1.82, 2.24) is 24.1 Å². The van der Waals surface area contributed by atoms with Gasteiger partial charge in [0.25, 0.3) is 0 Å². The molecule has 0 bridgehead atoms. The fourth-order valence-electron chi connectivity index (χ4n) is 7.36. The molecule has 0 amide bonds. The van der Waals surface area contributed by atoms with Crippen molar-refractivity contribution in [3.8, 4) is 45.5 Å². The van der Waals surface area contributed by atoms with Crippen molar-refractivity contribution >= 4 is 107 Å². The molecule has 0 aliphatic carbocycles. The fraction of sp³-hybridized carbons (Fsp3) is 0. The molecule has 54 heavy (non-hydrogen) atoms. The standard InChI is InChI=1S/C45H25Br4N5/c46-29-10-18-39-35(22-29)36-23-30(47)11-19-40(36)53(39)33-14-6-27(7-15-33)44-50-43(26-4-2-1-3-5-26)51-45(52-44)28-8-16-34(17-9-28)54-41-20-12-31(48)24-37(41)38-25-32(49)13-21-42(38)54/h1-25H. The third-order valence-corrected chi connectivity index (χ3v) is 11.8. The lowest BCUT2D eigenvalue weighted by Gasteiger charge is -2.12. The molecule has 0 N–H and O–H groups in total. The first-order chi connectivity index (χ1) is 26.4. The molecule has 0 saturated heterocycles. The summed E-state index contributed by atoms with van der Waals surface area (Å²) in [6, 6.07) is 52.8. The quantitative estimate of drug-likeness (QED) is 0.173. The minimum atomic E-state index is 0.614. The molecular formula is C45H25Br4N5. The molecule has 0 spiro atoms. The van der Waals surface area contributed by atoms with Gasteiger partial charge in [-0.2, -0.15) is 0 Å². The predicted molar refractivity (Wildman–Crippen MR) is 236 cm³/mol. The molecule has 3 aromatic heterocycles. The zero-order chi connectivity index (χ0) is 36.5. The Kier molecular flexibility index (Phi) is 8.36. The Morgan fingerprint density at radius 2 is 0.611 bits per heavy atom. The Hall–Kier alpha value is -4.93. The first kappa shape index (κ1) is 33.6. The highest BCUT2D eigenvalue weighted by Crippen LogP contribution is 2.38. The molecule has 10 aromatic rings. The normalized spacial score (nSPS) is 11.7. The first-order valence-corrected chi connectivity index (χ1v) is 20.4. The van der Waals surface area contributed by atoms with Crippen LogP contribution in [-0.4, -0.2) is 24.1 Å². The third kappa shape index (κ3) is 5.82. The summed E-state index contributed by atoms with van der Waals surface area (Å²) in [5, 5.41) is 4.74. The second kappa shape index (κ2) is 13.4. The van der Waals surface area contributed by atoms with Crippen molar-refractivity contribution in [2.75, 3.05) is 0 Å². The maximum Gasteiger partial charge on any atom is 0.164 e. The van der Waals surface area contributed by atoms with E-state index in [9.17, 15) is 0 Å². The van der Waals surface area contributed by atoms with Crippen molar-refractivity contribution in [3.63, 3.8) is 0 Å². The lowest BCUT2D eigenvalue weighted by Crippen LogP contribution is -2.01. The highest BCUT2D eigenvalue weighted by atomic mass is 79.9. The van der Waals surface area contributed by atoms with Crippen LogP contribution in [-0.2, 0) is 0 Å². The molecule has 7 aromatic carbocycles. The van der Waals surface area contributed by atoms with Gasteiger partial charge in [0.05, 0.1) is 22.1 Å². The van der Waals surface area contributed by atoms with Crippen LogP contribution < -0.4 is 0 Å². The van der Waals surface area contributed by atoms with Crippen LogP contribution in [0.4, 0.5) is 0 Å². The van der Waals surface area contributed by atoms with E-state index in [0.717, 1.165) is 68.0 Å². The third-order valence-electron chi connectivity index (χ3n) is 9.81. The van der Waals surface area contributed by atoms with Crippen molar-refractivity contribution in [3.05, 3.63) is 170 Å². The summed E-state index contributed by atoms with van der Waals surface area (Å²) in [4.78, 5) is 15.1. The van der Waals surface area contributed by atoms with Gasteiger partial charge in [-0.15, -0.1) is 0 Å². The van der Waals surface area contributed by atoms with Crippen LogP contribution in [0, 0.1) is 0 Å². The number of nitrogens with zero attached hydrogens (tertiary/aromatic N) is 5. The number of hydrogen-bond donors (Lipinski definition) is 0. The topological polar surface area (TPSA) is 48.5 Å². The zero-order valence-corrected chi connectivity index (χ0v) is 34.5. The molecule has 9 heteroatoms. The summed E-state index contributed by atoms with van der Waals surface area (Å²) in [6.07, 6.45) is 0. The molecule has 0 radical (unpaired) electrons. The van der Waals surface area contributed by atoms with Gasteiger partial charge in [-0.3, -0.25) is 0 Å². The van der Waals surface area contributed by atoms with Crippen molar-refractivity contribution in [1.29, 1.82) is 0 Å². The van der Waals surface area contributed by atoms with E-state index in [4.69, 9.17) is 15.0 Å². The largest absolute Gasteiger partial charge is 0.309 e. The summed E-state index contributed by atoms with van der Waals surface area (Å²) >= 11 is 14.7. The van der Waals surface area contributed by atoms with E-state index >= 15 is 0 Å². The molecule has 0 aliphatic rings. The van der Waals surface area contributed by atoms with E-state index in [1.807, 2.05) is 30.3 Å². The highest BCUT2D eigenvalue weighted by molar-refractivity contribution is 9.11. The van der Waals surface area contributed by atoms with E-state index in [2.05, 4.69) is 194 Å². The van der Waals surface area contributed by atoms with Crippen molar-refractivity contribution < 1.29 is 0 Å². The lowest BCUT2D eigenvalue weighted by atomic mass is 10.1. The van der Waals surface area contributed by atoms with E-state index in [1.54, 1.807) is 0 Å².